The predicted molar refractivity (Wildman–Crippen MR) is 129 cm³/mol. The molecular weight excluding hydrogens is 460 g/mol. The van der Waals surface area contributed by atoms with Crippen molar-refractivity contribution in [2.75, 3.05) is 51.9 Å². The Morgan fingerprint density at radius 3 is 2.44 bits per heavy atom. The van der Waals surface area contributed by atoms with Crippen LogP contribution in [-0.4, -0.2) is 65.3 Å². The van der Waals surface area contributed by atoms with Gasteiger partial charge in [-0.1, -0.05) is 13.3 Å². The minimum absolute atomic E-state index is 0.00984. The van der Waals surface area contributed by atoms with Gasteiger partial charge in [0.2, 0.25) is 10.0 Å². The summed E-state index contributed by atoms with van der Waals surface area (Å²) in [5.74, 6) is 0.865. The van der Waals surface area contributed by atoms with Crippen LogP contribution in [0, 0.1) is 0 Å². The van der Waals surface area contributed by atoms with Gasteiger partial charge in [-0.15, -0.1) is 0 Å². The Morgan fingerprint density at radius 2 is 1.76 bits per heavy atom. The first-order valence-corrected chi connectivity index (χ1v) is 12.8. The molecule has 0 atom stereocenters. The van der Waals surface area contributed by atoms with Crippen LogP contribution >= 0.6 is 0 Å². The van der Waals surface area contributed by atoms with Crippen molar-refractivity contribution in [3.8, 4) is 17.2 Å². The first-order chi connectivity index (χ1) is 16.4. The molecule has 0 aliphatic carbocycles. The predicted octanol–water partition coefficient (Wildman–Crippen LogP) is 3.55. The highest BCUT2D eigenvalue weighted by Gasteiger charge is 2.29. The number of ether oxygens (including phenoxy) is 4. The van der Waals surface area contributed by atoms with Gasteiger partial charge >= 0.3 is 0 Å². The Kier molecular flexibility index (Phi) is 9.14. The molecule has 0 spiro atoms. The lowest BCUT2D eigenvalue weighted by Crippen LogP contribution is -2.40. The van der Waals surface area contributed by atoms with Gasteiger partial charge in [-0.05, 0) is 49.7 Å². The van der Waals surface area contributed by atoms with Crippen LogP contribution in [0.5, 0.6) is 17.2 Å². The Hall–Kier alpha value is -2.82. The van der Waals surface area contributed by atoms with Crippen LogP contribution in [0.2, 0.25) is 0 Å². The SMILES string of the molecule is CCCCOc1ccc(C(=O)Nc2ccc(OC)c(S(=O)(=O)N3CCOCC3)c2)cc1OCC. The third-order valence-electron chi connectivity index (χ3n) is 5.27. The fourth-order valence-electron chi connectivity index (χ4n) is 3.45. The van der Waals surface area contributed by atoms with Gasteiger partial charge in [0.1, 0.15) is 10.6 Å². The highest BCUT2D eigenvalue weighted by Crippen LogP contribution is 2.32. The van der Waals surface area contributed by atoms with Gasteiger partial charge in [-0.3, -0.25) is 4.79 Å². The van der Waals surface area contributed by atoms with Gasteiger partial charge in [0.15, 0.2) is 11.5 Å². The van der Waals surface area contributed by atoms with E-state index < -0.39 is 15.9 Å². The number of anilines is 1. The van der Waals surface area contributed by atoms with E-state index in [1.807, 2.05) is 6.92 Å². The summed E-state index contributed by atoms with van der Waals surface area (Å²) in [6, 6.07) is 9.51. The van der Waals surface area contributed by atoms with E-state index in [1.165, 1.54) is 23.5 Å². The Labute approximate surface area is 201 Å². The van der Waals surface area contributed by atoms with E-state index in [9.17, 15) is 13.2 Å². The van der Waals surface area contributed by atoms with E-state index in [-0.39, 0.29) is 23.7 Å². The highest BCUT2D eigenvalue weighted by atomic mass is 32.2. The number of hydrogen-bond acceptors (Lipinski definition) is 7. The number of nitrogens with zero attached hydrogens (tertiary/aromatic N) is 1. The molecule has 10 heteroatoms. The second-order valence-corrected chi connectivity index (χ2v) is 9.54. The van der Waals surface area contributed by atoms with E-state index >= 15 is 0 Å². The van der Waals surface area contributed by atoms with Crippen LogP contribution in [0.15, 0.2) is 41.3 Å². The van der Waals surface area contributed by atoms with Crippen molar-refractivity contribution in [1.29, 1.82) is 0 Å². The average molecular weight is 493 g/mol. The number of hydrogen-bond donors (Lipinski definition) is 1. The standard InChI is InChI=1S/C24H32N2O7S/c1-4-6-13-33-20-9-7-18(16-22(20)32-5-2)24(27)25-19-8-10-21(30-3)23(17-19)34(28,29)26-11-14-31-15-12-26/h7-10,16-17H,4-6,11-15H2,1-3H3,(H,25,27). The van der Waals surface area contributed by atoms with E-state index in [4.69, 9.17) is 18.9 Å². The zero-order valence-electron chi connectivity index (χ0n) is 19.8. The molecule has 2 aromatic carbocycles. The molecule has 0 aromatic heterocycles. The summed E-state index contributed by atoms with van der Waals surface area (Å²) in [6.45, 7) is 6.11. The molecule has 34 heavy (non-hydrogen) atoms. The summed E-state index contributed by atoms with van der Waals surface area (Å²) < 4.78 is 49.7. The number of benzene rings is 2. The van der Waals surface area contributed by atoms with Gasteiger partial charge in [0.05, 0.1) is 33.5 Å². The summed E-state index contributed by atoms with van der Waals surface area (Å²) in [5, 5.41) is 2.77. The van der Waals surface area contributed by atoms with Crippen molar-refractivity contribution < 1.29 is 32.2 Å². The molecule has 0 saturated carbocycles. The highest BCUT2D eigenvalue weighted by molar-refractivity contribution is 7.89. The summed E-state index contributed by atoms with van der Waals surface area (Å²) in [5.41, 5.74) is 0.693. The lowest BCUT2D eigenvalue weighted by molar-refractivity contribution is 0.0729. The molecule has 1 amide bonds. The Morgan fingerprint density at radius 1 is 1.03 bits per heavy atom. The van der Waals surface area contributed by atoms with Crippen LogP contribution in [0.25, 0.3) is 0 Å². The van der Waals surface area contributed by atoms with E-state index in [1.54, 1.807) is 24.3 Å². The Balaban J connectivity index is 1.83. The van der Waals surface area contributed by atoms with Gasteiger partial charge in [-0.25, -0.2) is 8.42 Å². The minimum atomic E-state index is -3.82. The van der Waals surface area contributed by atoms with Crippen molar-refractivity contribution in [2.24, 2.45) is 0 Å². The first kappa shape index (κ1) is 25.8. The largest absolute Gasteiger partial charge is 0.495 e. The number of carbonyl (C=O) groups excluding carboxylic acids is 1. The molecule has 1 aliphatic rings. The maximum Gasteiger partial charge on any atom is 0.255 e. The molecule has 186 valence electrons. The van der Waals surface area contributed by atoms with Crippen molar-refractivity contribution >= 4 is 21.6 Å². The smallest absolute Gasteiger partial charge is 0.255 e. The number of carbonyl (C=O) groups is 1. The minimum Gasteiger partial charge on any atom is -0.495 e. The van der Waals surface area contributed by atoms with Crippen LogP contribution in [-0.2, 0) is 14.8 Å². The maximum absolute atomic E-state index is 13.2. The van der Waals surface area contributed by atoms with Crippen molar-refractivity contribution in [3.63, 3.8) is 0 Å². The molecule has 1 saturated heterocycles. The molecule has 0 radical (unpaired) electrons. The van der Waals surface area contributed by atoms with E-state index in [2.05, 4.69) is 12.2 Å². The second-order valence-electron chi connectivity index (χ2n) is 7.63. The van der Waals surface area contributed by atoms with Gasteiger partial charge in [-0.2, -0.15) is 4.31 Å². The zero-order chi connectivity index (χ0) is 24.6. The molecule has 1 aliphatic heterocycles. The van der Waals surface area contributed by atoms with Gasteiger partial charge in [0.25, 0.3) is 5.91 Å². The topological polar surface area (TPSA) is 103 Å². The van der Waals surface area contributed by atoms with Crippen molar-refractivity contribution in [1.82, 2.24) is 4.31 Å². The monoisotopic (exact) mass is 492 g/mol. The first-order valence-electron chi connectivity index (χ1n) is 11.4. The molecular formula is C24H32N2O7S. The Bertz CT molecular complexity index is 1080. The van der Waals surface area contributed by atoms with Crippen LogP contribution < -0.4 is 19.5 Å². The van der Waals surface area contributed by atoms with E-state index in [0.717, 1.165) is 12.8 Å². The lowest BCUT2D eigenvalue weighted by atomic mass is 10.1. The summed E-state index contributed by atoms with van der Waals surface area (Å²) in [4.78, 5) is 12.9. The van der Waals surface area contributed by atoms with Crippen LogP contribution in [0.3, 0.4) is 0 Å². The molecule has 9 nitrogen and oxygen atoms in total. The van der Waals surface area contributed by atoms with Crippen LogP contribution in [0.4, 0.5) is 5.69 Å². The summed E-state index contributed by atoms with van der Waals surface area (Å²) in [7, 11) is -2.41. The van der Waals surface area contributed by atoms with Crippen LogP contribution in [0.1, 0.15) is 37.0 Å². The molecule has 1 fully saturated rings. The molecule has 3 rings (SSSR count). The fraction of sp³-hybridized carbons (Fsp3) is 0.458. The van der Waals surface area contributed by atoms with Crippen molar-refractivity contribution in [3.05, 3.63) is 42.0 Å². The summed E-state index contributed by atoms with van der Waals surface area (Å²) in [6.07, 6.45) is 1.93. The molecule has 2 aromatic rings. The molecule has 1 heterocycles. The van der Waals surface area contributed by atoms with Gasteiger partial charge in [0, 0.05) is 24.3 Å². The third kappa shape index (κ3) is 6.19. The number of rotatable bonds is 11. The quantitative estimate of drug-likeness (QED) is 0.479. The molecule has 1 N–H and O–H groups in total. The maximum atomic E-state index is 13.2. The van der Waals surface area contributed by atoms with Crippen molar-refractivity contribution in [2.45, 2.75) is 31.6 Å². The second kappa shape index (κ2) is 12.0. The van der Waals surface area contributed by atoms with E-state index in [0.29, 0.717) is 49.2 Å². The van der Waals surface area contributed by atoms with Gasteiger partial charge < -0.3 is 24.3 Å². The average Bonchev–Trinajstić information content (AvgIpc) is 2.85. The number of nitrogens with one attached hydrogen (secondary N) is 1. The zero-order valence-corrected chi connectivity index (χ0v) is 20.7. The molecule has 0 bridgehead atoms. The fourth-order valence-corrected chi connectivity index (χ4v) is 5.04. The number of amides is 1. The third-order valence-corrected chi connectivity index (χ3v) is 7.19. The molecule has 0 unspecified atom stereocenters. The number of unbranched alkanes of at least 4 members (excludes halogenated alkanes) is 1. The normalized spacial score (nSPS) is 14.4. The number of sulfonamides is 1. The number of methoxy groups -OCH3 is 1. The lowest BCUT2D eigenvalue weighted by Gasteiger charge is -2.26. The number of morpholine rings is 1. The summed E-state index contributed by atoms with van der Waals surface area (Å²) >= 11 is 0.